The van der Waals surface area contributed by atoms with Crippen molar-refractivity contribution in [3.05, 3.63) is 54.2 Å². The molecule has 0 unspecified atom stereocenters. The van der Waals surface area contributed by atoms with Gasteiger partial charge in [0.25, 0.3) is 0 Å². The first-order chi connectivity index (χ1) is 8.34. The lowest BCUT2D eigenvalue weighted by atomic mass is 10.2. The van der Waals surface area contributed by atoms with Crippen LogP contribution in [-0.4, -0.2) is 10.9 Å². The molecule has 0 spiro atoms. The SMILES string of the molecule is O=C1Cc2ccccc2N1Nc1ccccn1. The molecule has 17 heavy (non-hydrogen) atoms. The normalized spacial score (nSPS) is 13.6. The van der Waals surface area contributed by atoms with Crippen molar-refractivity contribution >= 4 is 17.4 Å². The van der Waals surface area contributed by atoms with Crippen molar-refractivity contribution in [2.45, 2.75) is 6.42 Å². The fourth-order valence-corrected chi connectivity index (χ4v) is 1.92. The van der Waals surface area contributed by atoms with E-state index in [0.717, 1.165) is 11.3 Å². The van der Waals surface area contributed by atoms with Crippen molar-refractivity contribution in [3.8, 4) is 0 Å². The third-order valence-corrected chi connectivity index (χ3v) is 2.71. The second-order valence-electron chi connectivity index (χ2n) is 3.86. The van der Waals surface area contributed by atoms with Crippen molar-refractivity contribution in [1.82, 2.24) is 4.98 Å². The molecule has 3 rings (SSSR count). The van der Waals surface area contributed by atoms with Gasteiger partial charge in [0.1, 0.15) is 5.82 Å². The Morgan fingerprint density at radius 3 is 2.76 bits per heavy atom. The molecule has 2 heterocycles. The van der Waals surface area contributed by atoms with Crippen molar-refractivity contribution in [2.24, 2.45) is 0 Å². The summed E-state index contributed by atoms with van der Waals surface area (Å²) in [5.74, 6) is 0.703. The maximum Gasteiger partial charge on any atom is 0.250 e. The van der Waals surface area contributed by atoms with Crippen LogP contribution in [0.15, 0.2) is 48.7 Å². The molecule has 1 aliphatic rings. The number of anilines is 2. The summed E-state index contributed by atoms with van der Waals surface area (Å²) in [6.45, 7) is 0. The lowest BCUT2D eigenvalue weighted by molar-refractivity contribution is -0.117. The number of hydrogen-bond donors (Lipinski definition) is 1. The standard InChI is InChI=1S/C13H11N3O/c17-13-9-10-5-1-2-6-11(10)16(13)15-12-7-3-4-8-14-12/h1-8H,9H2,(H,14,15). The number of nitrogens with one attached hydrogen (secondary N) is 1. The third kappa shape index (κ3) is 1.73. The predicted molar refractivity (Wildman–Crippen MR) is 65.5 cm³/mol. The average Bonchev–Trinajstić information content (AvgIpc) is 2.68. The molecule has 0 fully saturated rings. The Labute approximate surface area is 98.9 Å². The van der Waals surface area contributed by atoms with Crippen molar-refractivity contribution in [3.63, 3.8) is 0 Å². The fourth-order valence-electron chi connectivity index (χ4n) is 1.92. The van der Waals surface area contributed by atoms with Crippen LogP contribution in [-0.2, 0) is 11.2 Å². The Kier molecular flexibility index (Phi) is 2.26. The van der Waals surface area contributed by atoms with Gasteiger partial charge in [0.2, 0.25) is 5.91 Å². The Bertz CT molecular complexity index is 554. The van der Waals surface area contributed by atoms with Gasteiger partial charge in [-0.25, -0.2) is 9.99 Å². The maximum atomic E-state index is 11.9. The lowest BCUT2D eigenvalue weighted by Crippen LogP contribution is -2.33. The fraction of sp³-hybridized carbons (Fsp3) is 0.0769. The minimum absolute atomic E-state index is 0.0388. The minimum Gasteiger partial charge on any atom is -0.275 e. The van der Waals surface area contributed by atoms with Crippen LogP contribution in [0.4, 0.5) is 11.5 Å². The van der Waals surface area contributed by atoms with Crippen molar-refractivity contribution in [2.75, 3.05) is 10.4 Å². The van der Waals surface area contributed by atoms with E-state index in [1.54, 1.807) is 11.2 Å². The molecule has 1 N–H and O–H groups in total. The van der Waals surface area contributed by atoms with Gasteiger partial charge in [-0.1, -0.05) is 24.3 Å². The van der Waals surface area contributed by atoms with Gasteiger partial charge in [-0.15, -0.1) is 0 Å². The van der Waals surface area contributed by atoms with Crippen LogP contribution in [0.5, 0.6) is 0 Å². The molecule has 1 amide bonds. The van der Waals surface area contributed by atoms with Crippen LogP contribution in [0.1, 0.15) is 5.56 Å². The maximum absolute atomic E-state index is 11.9. The molecule has 0 saturated heterocycles. The van der Waals surface area contributed by atoms with E-state index >= 15 is 0 Å². The van der Waals surface area contributed by atoms with Gasteiger partial charge in [0.05, 0.1) is 12.1 Å². The summed E-state index contributed by atoms with van der Waals surface area (Å²) < 4.78 is 0. The predicted octanol–water partition coefficient (Wildman–Crippen LogP) is 2.00. The number of hydrazine groups is 1. The highest BCUT2D eigenvalue weighted by Gasteiger charge is 2.26. The highest BCUT2D eigenvalue weighted by molar-refractivity contribution is 6.02. The first-order valence-electron chi connectivity index (χ1n) is 5.43. The van der Waals surface area contributed by atoms with E-state index < -0.39 is 0 Å². The van der Waals surface area contributed by atoms with E-state index in [1.165, 1.54) is 0 Å². The van der Waals surface area contributed by atoms with Gasteiger partial charge in [-0.2, -0.15) is 0 Å². The summed E-state index contributed by atoms with van der Waals surface area (Å²) in [5, 5.41) is 1.55. The number of para-hydroxylation sites is 1. The molecule has 2 aromatic rings. The number of amides is 1. The smallest absolute Gasteiger partial charge is 0.250 e. The third-order valence-electron chi connectivity index (χ3n) is 2.71. The Morgan fingerprint density at radius 1 is 1.12 bits per heavy atom. The molecule has 1 aliphatic heterocycles. The summed E-state index contributed by atoms with van der Waals surface area (Å²) in [6.07, 6.45) is 2.13. The second kappa shape index (κ2) is 3.90. The number of carbonyl (C=O) groups is 1. The van der Waals surface area contributed by atoms with Crippen LogP contribution in [0.2, 0.25) is 0 Å². The van der Waals surface area contributed by atoms with Crippen LogP contribution in [0.25, 0.3) is 0 Å². The van der Waals surface area contributed by atoms with Gasteiger partial charge >= 0.3 is 0 Å². The van der Waals surface area contributed by atoms with Crippen LogP contribution >= 0.6 is 0 Å². The van der Waals surface area contributed by atoms with Gasteiger partial charge in [0.15, 0.2) is 0 Å². The molecular weight excluding hydrogens is 214 g/mol. The summed E-state index contributed by atoms with van der Waals surface area (Å²) in [5.41, 5.74) is 4.97. The second-order valence-corrected chi connectivity index (χ2v) is 3.86. The monoisotopic (exact) mass is 225 g/mol. The highest BCUT2D eigenvalue weighted by atomic mass is 16.2. The van der Waals surface area contributed by atoms with E-state index in [2.05, 4.69) is 10.4 Å². The Hall–Kier alpha value is -2.36. The summed E-state index contributed by atoms with van der Waals surface area (Å²) in [4.78, 5) is 16.0. The molecule has 0 saturated carbocycles. The zero-order valence-corrected chi connectivity index (χ0v) is 9.13. The number of rotatable bonds is 2. The molecule has 0 atom stereocenters. The molecule has 4 nitrogen and oxygen atoms in total. The Balaban J connectivity index is 1.92. The van der Waals surface area contributed by atoms with Gasteiger partial charge in [-0.05, 0) is 23.8 Å². The first kappa shape index (κ1) is 9.84. The molecule has 0 radical (unpaired) electrons. The van der Waals surface area contributed by atoms with Gasteiger partial charge in [-0.3, -0.25) is 10.2 Å². The average molecular weight is 225 g/mol. The van der Waals surface area contributed by atoms with E-state index in [9.17, 15) is 4.79 Å². The first-order valence-corrected chi connectivity index (χ1v) is 5.43. The van der Waals surface area contributed by atoms with Crippen molar-refractivity contribution < 1.29 is 4.79 Å². The quantitative estimate of drug-likeness (QED) is 0.850. The van der Waals surface area contributed by atoms with Gasteiger partial charge in [0, 0.05) is 6.20 Å². The van der Waals surface area contributed by atoms with Crippen LogP contribution < -0.4 is 10.4 Å². The molecule has 4 heteroatoms. The molecule has 84 valence electrons. The molecular formula is C13H11N3O. The molecule has 1 aromatic heterocycles. The number of pyridine rings is 1. The van der Waals surface area contributed by atoms with Crippen LogP contribution in [0, 0.1) is 0 Å². The number of aromatic nitrogens is 1. The zero-order chi connectivity index (χ0) is 11.7. The largest absolute Gasteiger partial charge is 0.275 e. The Morgan fingerprint density at radius 2 is 1.94 bits per heavy atom. The number of carbonyl (C=O) groups excluding carboxylic acids is 1. The number of nitrogens with zero attached hydrogens (tertiary/aromatic N) is 2. The molecule has 0 aliphatic carbocycles. The van der Waals surface area contributed by atoms with Crippen LogP contribution in [0.3, 0.4) is 0 Å². The summed E-state index contributed by atoms with van der Waals surface area (Å²) in [7, 11) is 0. The van der Waals surface area contributed by atoms with E-state index in [4.69, 9.17) is 0 Å². The lowest BCUT2D eigenvalue weighted by Gasteiger charge is -2.18. The summed E-state index contributed by atoms with van der Waals surface area (Å²) in [6, 6.07) is 13.3. The number of hydrogen-bond acceptors (Lipinski definition) is 3. The van der Waals surface area contributed by atoms with Gasteiger partial charge < -0.3 is 0 Å². The van der Waals surface area contributed by atoms with Crippen molar-refractivity contribution in [1.29, 1.82) is 0 Å². The zero-order valence-electron chi connectivity index (χ0n) is 9.13. The molecule has 0 bridgehead atoms. The van der Waals surface area contributed by atoms with E-state index in [1.807, 2.05) is 42.5 Å². The highest BCUT2D eigenvalue weighted by Crippen LogP contribution is 2.28. The summed E-state index contributed by atoms with van der Waals surface area (Å²) >= 11 is 0. The molecule has 1 aromatic carbocycles. The topological polar surface area (TPSA) is 45.2 Å². The minimum atomic E-state index is 0.0388. The van der Waals surface area contributed by atoms with E-state index in [-0.39, 0.29) is 5.91 Å². The number of benzene rings is 1. The number of fused-ring (bicyclic) bond motifs is 1. The van der Waals surface area contributed by atoms with E-state index in [0.29, 0.717) is 12.2 Å².